The molecule has 9 nitrogen and oxygen atoms in total. The van der Waals surface area contributed by atoms with Crippen LogP contribution in [0.25, 0.3) is 0 Å². The highest BCUT2D eigenvalue weighted by molar-refractivity contribution is 7.56. The number of hydrogen-bond acceptors (Lipinski definition) is 7. The number of amides is 1. The van der Waals surface area contributed by atoms with Crippen LogP contribution in [-0.2, 0) is 13.8 Å². The Bertz CT molecular complexity index is 667. The van der Waals surface area contributed by atoms with Crippen molar-refractivity contribution in [1.29, 1.82) is 0 Å². The first-order valence-corrected chi connectivity index (χ1v) is 9.75. The van der Waals surface area contributed by atoms with Crippen molar-refractivity contribution in [1.82, 2.24) is 5.32 Å². The van der Waals surface area contributed by atoms with E-state index in [4.69, 9.17) is 13.6 Å². The number of nitro groups is 1. The molecule has 0 bridgehead atoms. The van der Waals surface area contributed by atoms with Crippen LogP contribution in [0.4, 0.5) is 5.69 Å². The van der Waals surface area contributed by atoms with Crippen LogP contribution in [0.15, 0.2) is 24.3 Å². The van der Waals surface area contributed by atoms with Crippen molar-refractivity contribution in [3.05, 3.63) is 34.4 Å². The molecule has 26 heavy (non-hydrogen) atoms. The zero-order valence-electron chi connectivity index (χ0n) is 15.2. The summed E-state index contributed by atoms with van der Waals surface area (Å²) in [7, 11) is -3.80. The van der Waals surface area contributed by atoms with Gasteiger partial charge < -0.3 is 5.32 Å². The van der Waals surface area contributed by atoms with E-state index in [2.05, 4.69) is 5.32 Å². The number of nitrogens with one attached hydrogen (secondary N) is 1. The predicted octanol–water partition coefficient (Wildman–Crippen LogP) is 3.00. The average Bonchev–Trinajstić information content (AvgIpc) is 2.57. The van der Waals surface area contributed by atoms with Gasteiger partial charge in [-0.3, -0.25) is 19.4 Å². The summed E-state index contributed by atoms with van der Waals surface area (Å²) >= 11 is 0. The minimum absolute atomic E-state index is 0.0354. The lowest BCUT2D eigenvalue weighted by atomic mass is 9.87. The Morgan fingerprint density at radius 1 is 1.50 bits per heavy atom. The quantitative estimate of drug-likeness (QED) is 0.437. The number of non-ortho nitro benzene ring substituents is 1. The van der Waals surface area contributed by atoms with Crippen LogP contribution in [0.2, 0.25) is 0 Å². The van der Waals surface area contributed by atoms with E-state index in [1.807, 2.05) is 13.8 Å². The summed E-state index contributed by atoms with van der Waals surface area (Å²) in [4.78, 5) is 33.3. The van der Waals surface area contributed by atoms with Gasteiger partial charge in [0.05, 0.1) is 4.92 Å². The molecule has 1 aliphatic heterocycles. The molecule has 1 aromatic rings. The third-order valence-corrected chi connectivity index (χ3v) is 5.43. The predicted molar refractivity (Wildman–Crippen MR) is 95.4 cm³/mol. The number of nitrogens with zero attached hydrogens (tertiary/aromatic N) is 1. The van der Waals surface area contributed by atoms with Crippen LogP contribution in [0.1, 0.15) is 34.1 Å². The fourth-order valence-electron chi connectivity index (χ4n) is 2.26. The molecular formula is C16H24N2O7P+. The van der Waals surface area contributed by atoms with E-state index in [0.29, 0.717) is 0 Å². The van der Waals surface area contributed by atoms with Gasteiger partial charge in [-0.1, -0.05) is 20.8 Å². The zero-order valence-corrected chi connectivity index (χ0v) is 16.1. The Kier molecular flexibility index (Phi) is 6.18. The molecule has 0 aliphatic carbocycles. The first-order chi connectivity index (χ1) is 12.1. The van der Waals surface area contributed by atoms with Crippen molar-refractivity contribution >= 4 is 19.8 Å². The maximum Gasteiger partial charge on any atom is 0.619 e. The zero-order chi connectivity index (χ0) is 19.5. The number of hydrogen-bond donors (Lipinski definition) is 2. The summed E-state index contributed by atoms with van der Waals surface area (Å²) < 4.78 is 16.3. The number of rotatable bonds is 6. The van der Waals surface area contributed by atoms with Gasteiger partial charge >= 0.3 is 8.17 Å². The van der Waals surface area contributed by atoms with Crippen molar-refractivity contribution in [2.24, 2.45) is 5.41 Å². The Morgan fingerprint density at radius 2 is 2.12 bits per heavy atom. The highest BCUT2D eigenvalue weighted by Gasteiger charge is 2.60. The van der Waals surface area contributed by atoms with Gasteiger partial charge in [-0.25, -0.2) is 0 Å². The topological polar surface area (TPSA) is 120 Å². The molecule has 1 saturated heterocycles. The van der Waals surface area contributed by atoms with E-state index < -0.39 is 24.6 Å². The molecule has 0 aromatic heterocycles. The second-order valence-electron chi connectivity index (χ2n) is 6.88. The molecule has 2 rings (SSSR count). The van der Waals surface area contributed by atoms with E-state index in [-0.39, 0.29) is 30.0 Å². The molecule has 1 fully saturated rings. The Morgan fingerprint density at radius 3 is 2.65 bits per heavy atom. The third-order valence-electron chi connectivity index (χ3n) is 4.06. The number of benzene rings is 1. The fourth-order valence-corrected chi connectivity index (χ4v) is 3.95. The molecule has 1 amide bonds. The lowest BCUT2D eigenvalue weighted by molar-refractivity contribution is -0.384. The summed E-state index contributed by atoms with van der Waals surface area (Å²) in [5.74, 6) is -0.203. The molecule has 144 valence electrons. The molecule has 2 N–H and O–H groups in total. The van der Waals surface area contributed by atoms with Gasteiger partial charge in [0, 0.05) is 23.6 Å². The Balaban J connectivity index is 2.13. The molecule has 3 atom stereocenters. The van der Waals surface area contributed by atoms with Crippen molar-refractivity contribution in [2.45, 2.75) is 46.3 Å². The van der Waals surface area contributed by atoms with Gasteiger partial charge in [0.1, 0.15) is 6.61 Å². The minimum atomic E-state index is -3.80. The van der Waals surface area contributed by atoms with Crippen LogP contribution in [-0.4, -0.2) is 34.5 Å². The second-order valence-corrected chi connectivity index (χ2v) is 8.46. The molecule has 1 heterocycles. The van der Waals surface area contributed by atoms with Gasteiger partial charge in [0.2, 0.25) is 0 Å². The van der Waals surface area contributed by atoms with Gasteiger partial charge in [-0.15, -0.1) is 9.05 Å². The number of carbonyl (C=O) groups is 1. The van der Waals surface area contributed by atoms with E-state index in [0.717, 1.165) is 6.42 Å². The monoisotopic (exact) mass is 387 g/mol. The highest BCUT2D eigenvalue weighted by atomic mass is 31.2. The van der Waals surface area contributed by atoms with E-state index in [1.165, 1.54) is 24.3 Å². The van der Waals surface area contributed by atoms with Gasteiger partial charge in [0.25, 0.3) is 11.6 Å². The van der Waals surface area contributed by atoms with E-state index >= 15 is 0 Å². The van der Waals surface area contributed by atoms with Gasteiger partial charge in [0.15, 0.2) is 11.9 Å². The fraction of sp³-hybridized carbons (Fsp3) is 0.562. The largest absolute Gasteiger partial charge is 0.619 e. The number of carbonyl (C=O) groups excluding carboxylic acids is 1. The van der Waals surface area contributed by atoms with Crippen molar-refractivity contribution in [3.8, 4) is 5.75 Å². The van der Waals surface area contributed by atoms with Crippen LogP contribution < -0.4 is 9.84 Å². The van der Waals surface area contributed by atoms with Crippen LogP contribution in [0.3, 0.4) is 0 Å². The Labute approximate surface area is 152 Å². The van der Waals surface area contributed by atoms with Gasteiger partial charge in [-0.2, -0.15) is 4.89 Å². The standard InChI is InChI=1S/C16H23N2O7P/c1-5-11(2)17-15(19)14-16(3,4)10-23-26(22,25-14)24-13-8-6-12(7-9-13)18(20)21/h6-9,11,14,22H,5,10H2,1-4H3/p+1/t11?,14-,26?/m0/s1. The molecule has 2 unspecified atom stereocenters. The van der Waals surface area contributed by atoms with Crippen LogP contribution >= 0.6 is 8.17 Å². The summed E-state index contributed by atoms with van der Waals surface area (Å²) in [5.41, 5.74) is -0.775. The van der Waals surface area contributed by atoms with Crippen molar-refractivity contribution < 1.29 is 28.2 Å². The Hall–Kier alpha value is -1.80. The number of nitro benzene ring substituents is 1. The highest BCUT2D eigenvalue weighted by Crippen LogP contribution is 2.63. The van der Waals surface area contributed by atoms with Gasteiger partial charge in [-0.05, 0) is 25.5 Å². The molecule has 0 radical (unpaired) electrons. The summed E-state index contributed by atoms with van der Waals surface area (Å²) in [6.07, 6.45) is -0.199. The van der Waals surface area contributed by atoms with E-state index in [9.17, 15) is 19.8 Å². The molecule has 0 spiro atoms. The molecule has 10 heteroatoms. The van der Waals surface area contributed by atoms with Crippen LogP contribution in [0.5, 0.6) is 5.75 Å². The summed E-state index contributed by atoms with van der Waals surface area (Å²) in [6.45, 7) is 7.47. The first kappa shape index (κ1) is 20.5. The maximum absolute atomic E-state index is 12.5. The summed E-state index contributed by atoms with van der Waals surface area (Å²) in [6, 6.07) is 5.10. The lowest BCUT2D eigenvalue weighted by Crippen LogP contribution is -2.52. The maximum atomic E-state index is 12.5. The first-order valence-electron chi connectivity index (χ1n) is 8.25. The SMILES string of the molecule is CCC(C)NC(=O)[C@@H]1O[P+](O)(Oc2ccc([N+](=O)[O-])cc2)OCC1(C)C. The van der Waals surface area contributed by atoms with Crippen LogP contribution in [0, 0.1) is 15.5 Å². The van der Waals surface area contributed by atoms with Crippen molar-refractivity contribution in [3.63, 3.8) is 0 Å². The normalized spacial score (nSPS) is 26.0. The van der Waals surface area contributed by atoms with Crippen molar-refractivity contribution in [2.75, 3.05) is 6.61 Å². The van der Waals surface area contributed by atoms with E-state index in [1.54, 1.807) is 13.8 Å². The minimum Gasteiger partial charge on any atom is -0.351 e. The molecular weight excluding hydrogens is 363 g/mol. The molecule has 1 aliphatic rings. The third kappa shape index (κ3) is 4.88. The molecule has 1 aromatic carbocycles. The average molecular weight is 387 g/mol. The summed E-state index contributed by atoms with van der Waals surface area (Å²) in [5, 5.41) is 13.5. The second kappa shape index (κ2) is 7.84. The lowest BCUT2D eigenvalue weighted by Gasteiger charge is -2.36. The smallest absolute Gasteiger partial charge is 0.351 e. The molecule has 0 saturated carbocycles.